The maximum absolute atomic E-state index is 12.7. The summed E-state index contributed by atoms with van der Waals surface area (Å²) in [6, 6.07) is 6.22. The van der Waals surface area contributed by atoms with Gasteiger partial charge in [-0.2, -0.15) is 0 Å². The molecule has 5 heteroatoms. The second-order valence-corrected chi connectivity index (χ2v) is 2.95. The van der Waals surface area contributed by atoms with Gasteiger partial charge in [-0.1, -0.05) is 12.1 Å². The van der Waals surface area contributed by atoms with E-state index in [-0.39, 0.29) is 24.6 Å². The van der Waals surface area contributed by atoms with Crippen molar-refractivity contribution in [3.8, 4) is 0 Å². The van der Waals surface area contributed by atoms with E-state index in [0.717, 1.165) is 5.56 Å². The van der Waals surface area contributed by atoms with Gasteiger partial charge in [0.2, 0.25) is 0 Å². The Kier molecular flexibility index (Phi) is 6.66. The first-order chi connectivity index (χ1) is 6.68. The van der Waals surface area contributed by atoms with Crippen LogP contribution in [0.5, 0.6) is 0 Å². The highest BCUT2D eigenvalue weighted by Crippen LogP contribution is 2.02. The van der Waals surface area contributed by atoms with Crippen LogP contribution in [0.1, 0.15) is 12.0 Å². The Morgan fingerprint density at radius 2 is 2.20 bits per heavy atom. The molecule has 0 aliphatic carbocycles. The Labute approximate surface area is 93.7 Å². The van der Waals surface area contributed by atoms with Crippen molar-refractivity contribution >= 4 is 18.4 Å². The van der Waals surface area contributed by atoms with Crippen molar-refractivity contribution in [3.63, 3.8) is 0 Å². The quantitative estimate of drug-likeness (QED) is 0.763. The lowest BCUT2D eigenvalue weighted by atomic mass is 10.2. The monoisotopic (exact) mass is 233 g/mol. The zero-order chi connectivity index (χ0) is 10.4. The van der Waals surface area contributed by atoms with E-state index in [1.165, 1.54) is 12.1 Å². The first-order valence-electron chi connectivity index (χ1n) is 4.35. The molecule has 15 heavy (non-hydrogen) atoms. The van der Waals surface area contributed by atoms with Gasteiger partial charge in [0.15, 0.2) is 0 Å². The van der Waals surface area contributed by atoms with Crippen molar-refractivity contribution in [1.82, 2.24) is 5.32 Å². The van der Waals surface area contributed by atoms with Gasteiger partial charge in [0.1, 0.15) is 5.82 Å². The van der Waals surface area contributed by atoms with E-state index in [0.29, 0.717) is 13.1 Å². The van der Waals surface area contributed by atoms with Crippen LogP contribution in [0.25, 0.3) is 0 Å². The Hall–Kier alpha value is -1.13. The number of hydrogen-bond donors (Lipinski definition) is 2. The number of benzene rings is 1. The van der Waals surface area contributed by atoms with Crippen LogP contribution in [0.2, 0.25) is 0 Å². The molecule has 0 fully saturated rings. The lowest BCUT2D eigenvalue weighted by Crippen LogP contribution is -2.17. The summed E-state index contributed by atoms with van der Waals surface area (Å²) in [6.45, 7) is 0.886. The van der Waals surface area contributed by atoms with Gasteiger partial charge in [-0.3, -0.25) is 4.79 Å². The lowest BCUT2D eigenvalue weighted by Gasteiger charge is -2.02. The molecule has 1 aromatic rings. The molecule has 2 N–H and O–H groups in total. The van der Waals surface area contributed by atoms with Crippen molar-refractivity contribution in [2.75, 3.05) is 6.54 Å². The summed E-state index contributed by atoms with van der Waals surface area (Å²) in [6.07, 6.45) is 0.0787. The molecule has 0 atom stereocenters. The molecule has 0 aliphatic heterocycles. The van der Waals surface area contributed by atoms with Gasteiger partial charge in [0.05, 0.1) is 6.42 Å². The fourth-order valence-corrected chi connectivity index (χ4v) is 1.07. The molecule has 1 aromatic carbocycles. The summed E-state index contributed by atoms with van der Waals surface area (Å²) in [5, 5.41) is 11.3. The molecule has 0 radical (unpaired) electrons. The van der Waals surface area contributed by atoms with Crippen LogP contribution in [0.3, 0.4) is 0 Å². The Bertz CT molecular complexity index is 320. The van der Waals surface area contributed by atoms with Crippen LogP contribution in [0, 0.1) is 5.82 Å². The number of nitrogens with one attached hydrogen (secondary N) is 1. The second kappa shape index (κ2) is 7.20. The van der Waals surface area contributed by atoms with Crippen molar-refractivity contribution in [2.45, 2.75) is 13.0 Å². The highest BCUT2D eigenvalue weighted by atomic mass is 35.5. The first-order valence-corrected chi connectivity index (χ1v) is 4.35. The lowest BCUT2D eigenvalue weighted by molar-refractivity contribution is -0.136. The molecule has 0 heterocycles. The first kappa shape index (κ1) is 13.9. The van der Waals surface area contributed by atoms with Gasteiger partial charge in [-0.25, -0.2) is 4.39 Å². The average Bonchev–Trinajstić information content (AvgIpc) is 2.12. The Morgan fingerprint density at radius 3 is 2.80 bits per heavy atom. The SMILES string of the molecule is Cl.O=C(O)CCNCc1cccc(F)c1. The summed E-state index contributed by atoms with van der Waals surface area (Å²) in [7, 11) is 0. The topological polar surface area (TPSA) is 49.3 Å². The van der Waals surface area contributed by atoms with E-state index in [4.69, 9.17) is 5.11 Å². The van der Waals surface area contributed by atoms with E-state index in [1.54, 1.807) is 12.1 Å². The van der Waals surface area contributed by atoms with Gasteiger partial charge >= 0.3 is 5.97 Å². The number of carboxylic acid groups (broad SMARTS) is 1. The summed E-state index contributed by atoms with van der Waals surface area (Å²) in [5.41, 5.74) is 0.815. The molecule has 0 saturated carbocycles. The molecule has 0 aliphatic rings. The minimum absolute atomic E-state index is 0. The minimum atomic E-state index is -0.836. The van der Waals surface area contributed by atoms with E-state index in [1.807, 2.05) is 0 Å². The third kappa shape index (κ3) is 6.04. The highest BCUT2D eigenvalue weighted by molar-refractivity contribution is 5.85. The Balaban J connectivity index is 0.00000196. The maximum atomic E-state index is 12.7. The third-order valence-corrected chi connectivity index (χ3v) is 1.73. The molecule has 84 valence electrons. The number of rotatable bonds is 5. The summed E-state index contributed by atoms with van der Waals surface area (Å²) < 4.78 is 12.7. The number of aliphatic carboxylic acids is 1. The second-order valence-electron chi connectivity index (χ2n) is 2.95. The van der Waals surface area contributed by atoms with Gasteiger partial charge < -0.3 is 10.4 Å². The van der Waals surface area contributed by atoms with Crippen LogP contribution in [0.4, 0.5) is 4.39 Å². The number of carboxylic acids is 1. The molecule has 0 aromatic heterocycles. The minimum Gasteiger partial charge on any atom is -0.481 e. The zero-order valence-corrected chi connectivity index (χ0v) is 8.89. The summed E-state index contributed by atoms with van der Waals surface area (Å²) in [5.74, 6) is -1.11. The molecular weight excluding hydrogens is 221 g/mol. The van der Waals surface area contributed by atoms with Gasteiger partial charge in [-0.05, 0) is 17.7 Å². The molecule has 3 nitrogen and oxygen atoms in total. The summed E-state index contributed by atoms with van der Waals surface area (Å²) >= 11 is 0. The number of hydrogen-bond acceptors (Lipinski definition) is 2. The fourth-order valence-electron chi connectivity index (χ4n) is 1.07. The Morgan fingerprint density at radius 1 is 1.47 bits per heavy atom. The smallest absolute Gasteiger partial charge is 0.304 e. The van der Waals surface area contributed by atoms with Crippen molar-refractivity contribution < 1.29 is 14.3 Å². The molecule has 0 spiro atoms. The molecule has 0 unspecified atom stereocenters. The standard InChI is InChI=1S/C10H12FNO2.ClH/c11-9-3-1-2-8(6-9)7-12-5-4-10(13)14;/h1-3,6,12H,4-5,7H2,(H,13,14);1H. The zero-order valence-electron chi connectivity index (χ0n) is 8.07. The molecule has 1 rings (SSSR count). The van der Waals surface area contributed by atoms with Crippen molar-refractivity contribution in [2.24, 2.45) is 0 Å². The number of carbonyl (C=O) groups is 1. The highest BCUT2D eigenvalue weighted by Gasteiger charge is 1.97. The van der Waals surface area contributed by atoms with Crippen molar-refractivity contribution in [1.29, 1.82) is 0 Å². The van der Waals surface area contributed by atoms with Crippen molar-refractivity contribution in [3.05, 3.63) is 35.6 Å². The third-order valence-electron chi connectivity index (χ3n) is 1.73. The van der Waals surface area contributed by atoms with Crippen LogP contribution in [0.15, 0.2) is 24.3 Å². The van der Waals surface area contributed by atoms with Crippen LogP contribution in [-0.2, 0) is 11.3 Å². The fraction of sp³-hybridized carbons (Fsp3) is 0.300. The van der Waals surface area contributed by atoms with Crippen LogP contribution >= 0.6 is 12.4 Å². The maximum Gasteiger partial charge on any atom is 0.304 e. The largest absolute Gasteiger partial charge is 0.481 e. The van der Waals surface area contributed by atoms with Gasteiger partial charge in [0, 0.05) is 13.1 Å². The van der Waals surface area contributed by atoms with E-state index in [2.05, 4.69) is 5.32 Å². The molecule has 0 bridgehead atoms. The average molecular weight is 234 g/mol. The summed E-state index contributed by atoms with van der Waals surface area (Å²) in [4.78, 5) is 10.2. The van der Waals surface area contributed by atoms with Gasteiger partial charge in [0.25, 0.3) is 0 Å². The normalized spacial score (nSPS) is 9.40. The van der Waals surface area contributed by atoms with E-state index in [9.17, 15) is 9.18 Å². The molecule has 0 amide bonds. The van der Waals surface area contributed by atoms with Crippen LogP contribution < -0.4 is 5.32 Å². The number of halogens is 2. The predicted octanol–water partition coefficient (Wildman–Crippen LogP) is 1.81. The molecular formula is C10H13ClFNO2. The van der Waals surface area contributed by atoms with E-state index >= 15 is 0 Å². The van der Waals surface area contributed by atoms with E-state index < -0.39 is 5.97 Å². The predicted molar refractivity (Wildman–Crippen MR) is 57.6 cm³/mol. The van der Waals surface area contributed by atoms with Gasteiger partial charge in [-0.15, -0.1) is 12.4 Å². The molecule has 0 saturated heterocycles. The van der Waals surface area contributed by atoms with Crippen LogP contribution in [-0.4, -0.2) is 17.6 Å².